The van der Waals surface area contributed by atoms with Gasteiger partial charge in [-0.05, 0) is 23.4 Å². The molecule has 2 aromatic rings. The molecule has 0 saturated carbocycles. The molecule has 0 atom stereocenters. The number of benzene rings is 1. The molecule has 0 aliphatic heterocycles. The van der Waals surface area contributed by atoms with Crippen molar-refractivity contribution < 1.29 is 9.90 Å². The molecule has 2 rings (SSSR count). The van der Waals surface area contributed by atoms with E-state index in [1.165, 1.54) is 6.07 Å². The Hall–Kier alpha value is -2.10. The van der Waals surface area contributed by atoms with Crippen molar-refractivity contribution in [2.75, 3.05) is 0 Å². The summed E-state index contributed by atoms with van der Waals surface area (Å²) >= 11 is 0. The second kappa shape index (κ2) is 3.81. The second-order valence-corrected chi connectivity index (χ2v) is 3.53. The fourth-order valence-electron chi connectivity index (χ4n) is 1.84. The quantitative estimate of drug-likeness (QED) is 0.805. The Bertz CT molecular complexity index is 613. The summed E-state index contributed by atoms with van der Waals surface area (Å²) in [6.45, 7) is 1.96. The Morgan fingerprint density at radius 1 is 1.44 bits per heavy atom. The molecule has 0 radical (unpaired) electrons. The number of carbonyl (C=O) groups is 1. The molecular weight excluding hydrogens is 206 g/mol. The standard InChI is InChI=1S/C12H11NO3/c1-2-7-6-13-11(14)10-8(7)4-3-5-9(10)12(15)16/h3-6H,2H2,1H3,(H,13,14)(H,15,16). The third kappa shape index (κ3) is 1.48. The van der Waals surface area contributed by atoms with Crippen molar-refractivity contribution in [1.82, 2.24) is 4.98 Å². The predicted octanol–water partition coefficient (Wildman–Crippen LogP) is 1.79. The van der Waals surface area contributed by atoms with Crippen molar-refractivity contribution >= 4 is 16.7 Å². The highest BCUT2D eigenvalue weighted by atomic mass is 16.4. The number of pyridine rings is 1. The fraction of sp³-hybridized carbons (Fsp3) is 0.167. The molecule has 0 fully saturated rings. The van der Waals surface area contributed by atoms with E-state index < -0.39 is 5.97 Å². The molecule has 16 heavy (non-hydrogen) atoms. The van der Waals surface area contributed by atoms with Crippen LogP contribution in [0.2, 0.25) is 0 Å². The monoisotopic (exact) mass is 217 g/mol. The molecule has 0 unspecified atom stereocenters. The van der Waals surface area contributed by atoms with Crippen LogP contribution in [0.3, 0.4) is 0 Å². The Morgan fingerprint density at radius 3 is 2.81 bits per heavy atom. The van der Waals surface area contributed by atoms with Gasteiger partial charge in [0.2, 0.25) is 0 Å². The zero-order valence-corrected chi connectivity index (χ0v) is 8.78. The van der Waals surface area contributed by atoms with E-state index in [0.717, 1.165) is 12.0 Å². The lowest BCUT2D eigenvalue weighted by Crippen LogP contribution is -2.12. The highest BCUT2D eigenvalue weighted by Crippen LogP contribution is 2.18. The smallest absolute Gasteiger partial charge is 0.336 e. The molecule has 0 aliphatic carbocycles. The minimum Gasteiger partial charge on any atom is -0.478 e. The number of fused-ring (bicyclic) bond motifs is 1. The number of nitrogens with one attached hydrogen (secondary N) is 1. The molecule has 0 spiro atoms. The summed E-state index contributed by atoms with van der Waals surface area (Å²) < 4.78 is 0. The van der Waals surface area contributed by atoms with Gasteiger partial charge in [0.05, 0.1) is 10.9 Å². The number of aryl methyl sites for hydroxylation is 1. The number of hydrogen-bond acceptors (Lipinski definition) is 2. The van der Waals surface area contributed by atoms with Crippen molar-refractivity contribution in [3.8, 4) is 0 Å². The predicted molar refractivity (Wildman–Crippen MR) is 60.9 cm³/mol. The van der Waals surface area contributed by atoms with Crippen molar-refractivity contribution in [2.45, 2.75) is 13.3 Å². The van der Waals surface area contributed by atoms with Crippen LogP contribution in [0.5, 0.6) is 0 Å². The highest BCUT2D eigenvalue weighted by Gasteiger charge is 2.12. The zero-order chi connectivity index (χ0) is 11.7. The first-order valence-electron chi connectivity index (χ1n) is 5.01. The van der Waals surface area contributed by atoms with Gasteiger partial charge in [-0.1, -0.05) is 19.1 Å². The van der Waals surface area contributed by atoms with Crippen LogP contribution in [-0.4, -0.2) is 16.1 Å². The number of H-pyrrole nitrogens is 1. The van der Waals surface area contributed by atoms with Crippen LogP contribution in [0.15, 0.2) is 29.2 Å². The number of aromatic nitrogens is 1. The van der Waals surface area contributed by atoms with Gasteiger partial charge in [0, 0.05) is 6.20 Å². The Labute approximate surface area is 91.5 Å². The van der Waals surface area contributed by atoms with Gasteiger partial charge in [0.1, 0.15) is 0 Å². The molecule has 4 heteroatoms. The second-order valence-electron chi connectivity index (χ2n) is 3.53. The molecule has 0 saturated heterocycles. The van der Waals surface area contributed by atoms with E-state index in [2.05, 4.69) is 4.98 Å². The van der Waals surface area contributed by atoms with Gasteiger partial charge in [-0.25, -0.2) is 4.79 Å². The Balaban J connectivity index is 2.97. The summed E-state index contributed by atoms with van der Waals surface area (Å²) in [5.74, 6) is -1.08. The molecule has 0 amide bonds. The summed E-state index contributed by atoms with van der Waals surface area (Å²) in [5, 5.41) is 9.99. The number of carboxylic acids is 1. The fourth-order valence-corrected chi connectivity index (χ4v) is 1.84. The van der Waals surface area contributed by atoms with E-state index in [1.807, 2.05) is 6.92 Å². The number of rotatable bonds is 2. The summed E-state index contributed by atoms with van der Waals surface area (Å²) in [4.78, 5) is 25.2. The first-order valence-corrected chi connectivity index (χ1v) is 5.01. The first-order chi connectivity index (χ1) is 7.65. The zero-order valence-electron chi connectivity index (χ0n) is 8.78. The lowest BCUT2D eigenvalue weighted by atomic mass is 10.0. The van der Waals surface area contributed by atoms with Gasteiger partial charge in [0.15, 0.2) is 0 Å². The first kappa shape index (κ1) is 10.4. The summed E-state index contributed by atoms with van der Waals surface area (Å²) in [7, 11) is 0. The molecule has 1 aromatic heterocycles. The van der Waals surface area contributed by atoms with Crippen LogP contribution in [0.25, 0.3) is 10.8 Å². The minimum atomic E-state index is -1.08. The van der Waals surface area contributed by atoms with Crippen LogP contribution < -0.4 is 5.56 Å². The highest BCUT2D eigenvalue weighted by molar-refractivity contribution is 6.04. The van der Waals surface area contributed by atoms with Crippen molar-refractivity contribution in [1.29, 1.82) is 0 Å². The van der Waals surface area contributed by atoms with Crippen LogP contribution in [0.1, 0.15) is 22.8 Å². The van der Waals surface area contributed by atoms with Crippen LogP contribution >= 0.6 is 0 Å². The van der Waals surface area contributed by atoms with Crippen molar-refractivity contribution in [3.05, 3.63) is 45.9 Å². The Kier molecular flexibility index (Phi) is 2.48. The third-order valence-electron chi connectivity index (χ3n) is 2.63. The molecule has 1 aromatic carbocycles. The average molecular weight is 217 g/mol. The lowest BCUT2D eigenvalue weighted by Gasteiger charge is -2.05. The van der Waals surface area contributed by atoms with Gasteiger partial charge in [-0.15, -0.1) is 0 Å². The number of aromatic carboxylic acids is 1. The van der Waals surface area contributed by atoms with Gasteiger partial charge in [0.25, 0.3) is 5.56 Å². The molecular formula is C12H11NO3. The molecule has 1 heterocycles. The van der Waals surface area contributed by atoms with E-state index in [1.54, 1.807) is 18.3 Å². The minimum absolute atomic E-state index is 0.0500. The molecule has 4 nitrogen and oxygen atoms in total. The van der Waals surface area contributed by atoms with Crippen LogP contribution in [0, 0.1) is 0 Å². The summed E-state index contributed by atoms with van der Waals surface area (Å²) in [5.41, 5.74) is 0.636. The number of aromatic amines is 1. The van der Waals surface area contributed by atoms with Gasteiger partial charge in [-0.3, -0.25) is 4.79 Å². The average Bonchev–Trinajstić information content (AvgIpc) is 2.29. The van der Waals surface area contributed by atoms with Crippen molar-refractivity contribution in [2.24, 2.45) is 0 Å². The van der Waals surface area contributed by atoms with E-state index in [4.69, 9.17) is 5.11 Å². The van der Waals surface area contributed by atoms with Gasteiger partial charge in [-0.2, -0.15) is 0 Å². The maximum absolute atomic E-state index is 11.7. The maximum Gasteiger partial charge on any atom is 0.336 e. The maximum atomic E-state index is 11.7. The summed E-state index contributed by atoms with van der Waals surface area (Å²) in [6, 6.07) is 4.87. The van der Waals surface area contributed by atoms with E-state index in [0.29, 0.717) is 5.39 Å². The molecule has 0 bridgehead atoms. The molecule has 0 aliphatic rings. The topological polar surface area (TPSA) is 70.2 Å². The third-order valence-corrected chi connectivity index (χ3v) is 2.63. The van der Waals surface area contributed by atoms with E-state index in [-0.39, 0.29) is 16.5 Å². The lowest BCUT2D eigenvalue weighted by molar-refractivity contribution is 0.0699. The van der Waals surface area contributed by atoms with Gasteiger partial charge >= 0.3 is 5.97 Å². The number of hydrogen-bond donors (Lipinski definition) is 2. The molecule has 2 N–H and O–H groups in total. The van der Waals surface area contributed by atoms with E-state index >= 15 is 0 Å². The largest absolute Gasteiger partial charge is 0.478 e. The van der Waals surface area contributed by atoms with Crippen LogP contribution in [0.4, 0.5) is 0 Å². The Morgan fingerprint density at radius 2 is 2.19 bits per heavy atom. The van der Waals surface area contributed by atoms with Crippen molar-refractivity contribution in [3.63, 3.8) is 0 Å². The normalized spacial score (nSPS) is 10.6. The molecule has 82 valence electrons. The van der Waals surface area contributed by atoms with Crippen LogP contribution in [-0.2, 0) is 6.42 Å². The SMILES string of the molecule is CCc1c[nH]c(=O)c2c(C(=O)O)cccc12. The van der Waals surface area contributed by atoms with Gasteiger partial charge < -0.3 is 10.1 Å². The number of carboxylic acid groups (broad SMARTS) is 1. The van der Waals surface area contributed by atoms with E-state index in [9.17, 15) is 9.59 Å². The summed E-state index contributed by atoms with van der Waals surface area (Å²) in [6.07, 6.45) is 2.38.